The molecule has 4 aromatic rings. The van der Waals surface area contributed by atoms with E-state index in [4.69, 9.17) is 24.3 Å². The molecular formula is C38H47FN4O5. The highest BCUT2D eigenvalue weighted by Crippen LogP contribution is 2.40. The summed E-state index contributed by atoms with van der Waals surface area (Å²) >= 11 is 0. The highest BCUT2D eigenvalue weighted by molar-refractivity contribution is 5.80. The highest BCUT2D eigenvalue weighted by atomic mass is 19.1. The molecule has 256 valence electrons. The molecule has 1 fully saturated rings. The zero-order chi connectivity index (χ0) is 34.4. The van der Waals surface area contributed by atoms with Crippen LogP contribution in [0, 0.1) is 19.7 Å². The zero-order valence-corrected chi connectivity index (χ0v) is 29.1. The van der Waals surface area contributed by atoms with Gasteiger partial charge in [0.15, 0.2) is 11.8 Å². The Kier molecular flexibility index (Phi) is 9.26. The quantitative estimate of drug-likeness (QED) is 0.236. The van der Waals surface area contributed by atoms with E-state index in [0.717, 1.165) is 43.2 Å². The number of carboxylic acid groups (broad SMARTS) is 1. The van der Waals surface area contributed by atoms with Crippen molar-refractivity contribution in [2.24, 2.45) is 0 Å². The summed E-state index contributed by atoms with van der Waals surface area (Å²) in [4.78, 5) is 19.9. The predicted molar refractivity (Wildman–Crippen MR) is 184 cm³/mol. The summed E-state index contributed by atoms with van der Waals surface area (Å²) < 4.78 is 35.9. The minimum absolute atomic E-state index is 0.0570. The average molecular weight is 659 g/mol. The lowest BCUT2D eigenvalue weighted by Crippen LogP contribution is -2.46. The molecule has 0 amide bonds. The number of rotatable bonds is 3. The third-order valence-electron chi connectivity index (χ3n) is 9.40. The summed E-state index contributed by atoms with van der Waals surface area (Å²) in [6, 6.07) is 13.1. The Hall–Kier alpha value is -4.02. The van der Waals surface area contributed by atoms with Crippen molar-refractivity contribution in [2.75, 3.05) is 24.6 Å². The molecule has 7 rings (SSSR count). The van der Waals surface area contributed by atoms with E-state index >= 15 is 4.39 Å². The van der Waals surface area contributed by atoms with E-state index in [2.05, 4.69) is 18.7 Å². The van der Waals surface area contributed by atoms with E-state index in [1.807, 2.05) is 58.0 Å². The average Bonchev–Trinajstić information content (AvgIpc) is 3.44. The standard InChI is InChI=1S/C38H47FN4O5/c1-23-19-31-28(21-29(23)39)26-12-10-13-27(20-26)30-22-32-40-25(3)33(34(36(44)45)48-37(4,5)6)35(43(32)41-30)42-16-14-38(7,15-17-42)46-18-9-8-11-24(2)47-31/h10,12-13,19-22,24,34H,8-9,11,14-18H2,1-7H3,(H,44,45)/t24-,34+/m1/s1. The smallest absolute Gasteiger partial charge is 0.337 e. The van der Waals surface area contributed by atoms with Crippen molar-refractivity contribution in [1.29, 1.82) is 0 Å². The Morgan fingerprint density at radius 2 is 1.83 bits per heavy atom. The third-order valence-corrected chi connectivity index (χ3v) is 9.40. The maximum absolute atomic E-state index is 15.0. The van der Waals surface area contributed by atoms with Gasteiger partial charge in [-0.05, 0) is 110 Å². The molecule has 9 nitrogen and oxygen atoms in total. The van der Waals surface area contributed by atoms with E-state index < -0.39 is 17.7 Å². The Morgan fingerprint density at radius 1 is 1.10 bits per heavy atom. The topological polar surface area (TPSA) is 98.4 Å². The number of carbonyl (C=O) groups is 1. The molecule has 1 N–H and O–H groups in total. The second-order valence-corrected chi connectivity index (χ2v) is 14.6. The van der Waals surface area contributed by atoms with Gasteiger partial charge in [0.25, 0.3) is 0 Å². The van der Waals surface area contributed by atoms with E-state index in [1.165, 1.54) is 0 Å². The summed E-state index contributed by atoms with van der Waals surface area (Å²) in [6.45, 7) is 15.3. The van der Waals surface area contributed by atoms with Crippen molar-refractivity contribution >= 4 is 17.4 Å². The number of carboxylic acids is 1. The molecule has 2 atom stereocenters. The number of hydrogen-bond donors (Lipinski definition) is 1. The van der Waals surface area contributed by atoms with Crippen LogP contribution in [0.2, 0.25) is 0 Å². The normalized spacial score (nSPS) is 21.2. The van der Waals surface area contributed by atoms with Crippen LogP contribution in [0.15, 0.2) is 42.5 Å². The number of nitrogens with zero attached hydrogens (tertiary/aromatic N) is 4. The van der Waals surface area contributed by atoms with Crippen molar-refractivity contribution in [2.45, 2.75) is 104 Å². The van der Waals surface area contributed by atoms with E-state index in [1.54, 1.807) is 23.6 Å². The number of ether oxygens (including phenoxy) is 3. The summed E-state index contributed by atoms with van der Waals surface area (Å²) in [5, 5.41) is 15.5. The predicted octanol–water partition coefficient (Wildman–Crippen LogP) is 8.09. The lowest BCUT2D eigenvalue weighted by molar-refractivity contribution is -0.160. The van der Waals surface area contributed by atoms with Crippen molar-refractivity contribution in [3.8, 4) is 28.1 Å². The number of halogens is 1. The molecular weight excluding hydrogens is 611 g/mol. The molecule has 0 spiro atoms. The molecule has 5 heterocycles. The van der Waals surface area contributed by atoms with Crippen LogP contribution in [0.3, 0.4) is 0 Å². The fraction of sp³-hybridized carbons (Fsp3) is 0.500. The van der Waals surface area contributed by atoms with Crippen molar-refractivity contribution in [3.63, 3.8) is 0 Å². The maximum atomic E-state index is 15.0. The number of fused-ring (bicyclic) bond motifs is 8. The zero-order valence-electron chi connectivity index (χ0n) is 29.1. The van der Waals surface area contributed by atoms with Crippen LogP contribution in [0.25, 0.3) is 28.0 Å². The molecule has 0 radical (unpaired) electrons. The SMILES string of the molecule is Cc1cc2c(cc1F)-c1cccc(c1)-c1cc3nc(C)c([C@H](OC(C)(C)C)C(=O)O)c(n3n1)N1CCC(C)(CC1)OCCCC[C@@H](C)O2. The number of aromatic nitrogens is 3. The number of aliphatic carboxylic acids is 1. The molecule has 0 aliphatic carbocycles. The number of piperidine rings is 1. The molecule has 3 aliphatic rings. The minimum atomic E-state index is -1.25. The summed E-state index contributed by atoms with van der Waals surface area (Å²) in [7, 11) is 0. The van der Waals surface area contributed by atoms with Gasteiger partial charge in [-0.15, -0.1) is 0 Å². The van der Waals surface area contributed by atoms with E-state index in [0.29, 0.717) is 65.0 Å². The van der Waals surface area contributed by atoms with Crippen LogP contribution in [0.4, 0.5) is 10.2 Å². The first-order chi connectivity index (χ1) is 22.7. The first-order valence-electron chi connectivity index (χ1n) is 17.0. The van der Waals surface area contributed by atoms with Gasteiger partial charge >= 0.3 is 5.97 Å². The van der Waals surface area contributed by atoms with Crippen LogP contribution in [0.5, 0.6) is 5.75 Å². The van der Waals surface area contributed by atoms with Crippen molar-refractivity contribution < 1.29 is 28.5 Å². The van der Waals surface area contributed by atoms with Gasteiger partial charge in [0.2, 0.25) is 0 Å². The maximum Gasteiger partial charge on any atom is 0.337 e. The van der Waals surface area contributed by atoms with Crippen molar-refractivity contribution in [3.05, 3.63) is 65.1 Å². The van der Waals surface area contributed by atoms with Crippen LogP contribution < -0.4 is 9.64 Å². The fourth-order valence-electron chi connectivity index (χ4n) is 6.74. The molecule has 48 heavy (non-hydrogen) atoms. The lowest BCUT2D eigenvalue weighted by atomic mass is 9.92. The molecule has 0 saturated carbocycles. The first-order valence-corrected chi connectivity index (χ1v) is 17.0. The van der Waals surface area contributed by atoms with E-state index in [9.17, 15) is 9.90 Å². The van der Waals surface area contributed by atoms with Crippen LogP contribution in [-0.4, -0.2) is 62.7 Å². The molecule has 0 unspecified atom stereocenters. The monoisotopic (exact) mass is 658 g/mol. The second-order valence-electron chi connectivity index (χ2n) is 14.6. The second kappa shape index (κ2) is 13.1. The number of aryl methyl sites for hydroxylation is 2. The van der Waals surface area contributed by atoms with Gasteiger partial charge < -0.3 is 24.2 Å². The van der Waals surface area contributed by atoms with Gasteiger partial charge in [0, 0.05) is 42.6 Å². The van der Waals surface area contributed by atoms with Crippen LogP contribution in [-0.2, 0) is 14.3 Å². The van der Waals surface area contributed by atoms with Gasteiger partial charge in [-0.25, -0.2) is 14.2 Å². The molecule has 2 aromatic heterocycles. The third kappa shape index (κ3) is 7.05. The van der Waals surface area contributed by atoms with Crippen molar-refractivity contribution in [1.82, 2.24) is 14.6 Å². The highest BCUT2D eigenvalue weighted by Gasteiger charge is 2.38. The van der Waals surface area contributed by atoms with Gasteiger partial charge in [-0.2, -0.15) is 9.61 Å². The molecule has 2 aromatic carbocycles. The van der Waals surface area contributed by atoms with Gasteiger partial charge in [0.05, 0.1) is 28.6 Å². The van der Waals surface area contributed by atoms with Crippen LogP contribution >= 0.6 is 0 Å². The summed E-state index contributed by atoms with van der Waals surface area (Å²) in [5.74, 6) is -0.0765. The Labute approximate surface area is 282 Å². The Morgan fingerprint density at radius 3 is 2.54 bits per heavy atom. The van der Waals surface area contributed by atoms with Gasteiger partial charge in [-0.1, -0.05) is 18.2 Å². The molecule has 6 bridgehead atoms. The van der Waals surface area contributed by atoms with Gasteiger partial charge in [0.1, 0.15) is 17.4 Å². The number of anilines is 1. The Balaban J connectivity index is 1.54. The summed E-state index contributed by atoms with van der Waals surface area (Å²) in [5.41, 5.74) is 4.12. The largest absolute Gasteiger partial charge is 0.490 e. The minimum Gasteiger partial charge on any atom is -0.490 e. The number of hydrogen-bond acceptors (Lipinski definition) is 7. The summed E-state index contributed by atoms with van der Waals surface area (Å²) in [6.07, 6.45) is 2.93. The van der Waals surface area contributed by atoms with Crippen LogP contribution in [0.1, 0.15) is 89.6 Å². The Bertz CT molecular complexity index is 1820. The van der Waals surface area contributed by atoms with E-state index in [-0.39, 0.29) is 17.5 Å². The molecule has 3 aliphatic heterocycles. The lowest BCUT2D eigenvalue weighted by Gasteiger charge is -2.41. The first kappa shape index (κ1) is 33.9. The molecule has 10 heteroatoms. The molecule has 1 saturated heterocycles. The number of benzene rings is 2. The van der Waals surface area contributed by atoms with Gasteiger partial charge in [-0.3, -0.25) is 0 Å². The fourth-order valence-corrected chi connectivity index (χ4v) is 6.74.